The minimum absolute atomic E-state index is 0.0182. The summed E-state index contributed by atoms with van der Waals surface area (Å²) < 4.78 is 35.0. The average molecular weight is 359 g/mol. The quantitative estimate of drug-likeness (QED) is 0.621. The van der Waals surface area contributed by atoms with Crippen LogP contribution in [0.3, 0.4) is 0 Å². The number of rotatable bonds is 9. The second kappa shape index (κ2) is 9.83. The van der Waals surface area contributed by atoms with E-state index >= 15 is 0 Å². The first-order chi connectivity index (χ1) is 11.4. The Morgan fingerprint density at radius 2 is 2.04 bits per heavy atom. The molecule has 1 heterocycles. The Morgan fingerprint density at radius 3 is 2.62 bits per heavy atom. The van der Waals surface area contributed by atoms with Crippen LogP contribution < -0.4 is 14.8 Å². The van der Waals surface area contributed by atoms with Gasteiger partial charge < -0.3 is 14.8 Å². The predicted octanol–water partition coefficient (Wildman–Crippen LogP) is 0.676. The van der Waals surface area contributed by atoms with Crippen LogP contribution in [0, 0.1) is 0 Å². The smallest absolute Gasteiger partial charge is 0.391 e. The van der Waals surface area contributed by atoms with Gasteiger partial charge in [-0.15, -0.1) is 0 Å². The van der Waals surface area contributed by atoms with Gasteiger partial charge in [0.2, 0.25) is 15.9 Å². The molecule has 1 aromatic heterocycles. The van der Waals surface area contributed by atoms with E-state index in [0.29, 0.717) is 19.4 Å². The molecule has 134 valence electrons. The maximum absolute atomic E-state index is 11.9. The molecule has 0 aliphatic heterocycles. The van der Waals surface area contributed by atoms with Crippen molar-refractivity contribution >= 4 is 22.0 Å². The van der Waals surface area contributed by atoms with Crippen molar-refractivity contribution in [3.05, 3.63) is 23.9 Å². The zero-order chi connectivity index (χ0) is 18.0. The summed E-state index contributed by atoms with van der Waals surface area (Å²) in [4.78, 5) is 27.1. The maximum Gasteiger partial charge on any atom is 0.414 e. The van der Waals surface area contributed by atoms with Crippen molar-refractivity contribution in [2.24, 2.45) is 0 Å². The van der Waals surface area contributed by atoms with Crippen molar-refractivity contribution < 1.29 is 27.5 Å². The zero-order valence-corrected chi connectivity index (χ0v) is 14.4. The molecule has 0 atom stereocenters. The number of hydrogen-bond acceptors (Lipinski definition) is 7. The maximum atomic E-state index is 11.9. The molecule has 0 saturated heterocycles. The van der Waals surface area contributed by atoms with Crippen molar-refractivity contribution in [2.75, 3.05) is 26.0 Å². The highest BCUT2D eigenvalue weighted by atomic mass is 32.2. The van der Waals surface area contributed by atoms with Gasteiger partial charge in [0.05, 0.1) is 17.9 Å². The lowest BCUT2D eigenvalue weighted by Gasteiger charge is -2.07. The highest BCUT2D eigenvalue weighted by Crippen LogP contribution is 2.08. The molecule has 9 nitrogen and oxygen atoms in total. The normalized spacial score (nSPS) is 10.9. The first-order valence-corrected chi connectivity index (χ1v) is 8.98. The Balaban J connectivity index is 2.57. The summed E-state index contributed by atoms with van der Waals surface area (Å²) >= 11 is 0. The number of pyridine rings is 1. The van der Waals surface area contributed by atoms with E-state index in [0.717, 1.165) is 6.20 Å². The van der Waals surface area contributed by atoms with Gasteiger partial charge in [-0.05, 0) is 12.5 Å². The molecular formula is C14H21N3O6S. The summed E-state index contributed by atoms with van der Waals surface area (Å²) in [6.07, 6.45) is 1.59. The lowest BCUT2D eigenvalue weighted by molar-refractivity contribution is 0.0981. The summed E-state index contributed by atoms with van der Waals surface area (Å²) in [6, 6.07) is 2.61. The highest BCUT2D eigenvalue weighted by Gasteiger charge is 2.16. The van der Waals surface area contributed by atoms with Crippen molar-refractivity contribution in [3.63, 3.8) is 0 Å². The molecule has 0 bridgehead atoms. The monoisotopic (exact) mass is 359 g/mol. The van der Waals surface area contributed by atoms with E-state index in [1.165, 1.54) is 19.2 Å². The van der Waals surface area contributed by atoms with Gasteiger partial charge in [-0.25, -0.2) is 22.9 Å². The predicted molar refractivity (Wildman–Crippen MR) is 86.3 cm³/mol. The van der Waals surface area contributed by atoms with E-state index in [1.54, 1.807) is 0 Å². The molecule has 2 N–H and O–H groups in total. The fourth-order valence-corrected chi connectivity index (χ4v) is 2.72. The average Bonchev–Trinajstić information content (AvgIpc) is 2.53. The fourth-order valence-electron chi connectivity index (χ4n) is 1.55. The molecule has 2 amide bonds. The van der Waals surface area contributed by atoms with E-state index in [1.807, 2.05) is 11.6 Å². The van der Waals surface area contributed by atoms with Crippen molar-refractivity contribution in [1.82, 2.24) is 15.0 Å². The van der Waals surface area contributed by atoms with Crippen LogP contribution in [-0.2, 0) is 14.8 Å². The number of carbonyl (C=O) groups is 2. The summed E-state index contributed by atoms with van der Waals surface area (Å²) in [6.45, 7) is 2.48. The number of aromatic nitrogens is 1. The largest absolute Gasteiger partial charge is 0.414 e. The molecule has 24 heavy (non-hydrogen) atoms. The molecule has 0 aliphatic rings. The van der Waals surface area contributed by atoms with Gasteiger partial charge in [-0.1, -0.05) is 13.3 Å². The van der Waals surface area contributed by atoms with E-state index < -0.39 is 22.0 Å². The number of unbranched alkanes of at least 4 members (excludes halogenated alkanes) is 1. The van der Waals surface area contributed by atoms with E-state index in [2.05, 4.69) is 10.3 Å². The number of amides is 2. The van der Waals surface area contributed by atoms with Crippen molar-refractivity contribution in [3.8, 4) is 5.88 Å². The lowest BCUT2D eigenvalue weighted by Crippen LogP contribution is -2.32. The first-order valence-electron chi connectivity index (χ1n) is 7.33. The number of sulfonamides is 1. The minimum Gasteiger partial charge on any atom is -0.391 e. The number of nitrogens with zero attached hydrogens (tertiary/aromatic N) is 1. The topological polar surface area (TPSA) is 124 Å². The molecule has 0 spiro atoms. The van der Waals surface area contributed by atoms with Crippen LogP contribution in [0.2, 0.25) is 0 Å². The third-order valence-corrected chi connectivity index (χ3v) is 4.11. The number of methoxy groups -OCH3 is 1. The molecule has 0 radical (unpaired) electrons. The van der Waals surface area contributed by atoms with Crippen LogP contribution in [-0.4, -0.2) is 51.4 Å². The molecule has 1 aromatic rings. The van der Waals surface area contributed by atoms with E-state index in [4.69, 9.17) is 9.47 Å². The molecule has 0 aromatic carbocycles. The zero-order valence-electron chi connectivity index (χ0n) is 13.6. The number of nitrogens with one attached hydrogen (secondary N) is 2. The Hall–Kier alpha value is -2.20. The molecule has 0 unspecified atom stereocenters. The fraction of sp³-hybridized carbons (Fsp3) is 0.500. The molecule has 10 heteroatoms. The van der Waals surface area contributed by atoms with Crippen LogP contribution in [0.25, 0.3) is 0 Å². The molecule has 0 saturated carbocycles. The summed E-state index contributed by atoms with van der Waals surface area (Å²) in [5.74, 6) is -0.920. The first kappa shape index (κ1) is 19.8. The second-order valence-electron chi connectivity index (χ2n) is 4.80. The molecular weight excluding hydrogens is 338 g/mol. The van der Waals surface area contributed by atoms with Gasteiger partial charge in [-0.3, -0.25) is 4.79 Å². The third kappa shape index (κ3) is 7.38. The summed E-state index contributed by atoms with van der Waals surface area (Å²) in [5.41, 5.74) is 0.0437. The van der Waals surface area contributed by atoms with E-state index in [9.17, 15) is 18.0 Å². The Bertz CT molecular complexity index is 645. The molecule has 1 rings (SSSR count). The Morgan fingerprint density at radius 1 is 1.29 bits per heavy atom. The second-order valence-corrected chi connectivity index (χ2v) is 6.64. The lowest BCUT2D eigenvalue weighted by atomic mass is 10.3. The Labute approximate surface area is 140 Å². The van der Waals surface area contributed by atoms with Crippen molar-refractivity contribution in [1.29, 1.82) is 0 Å². The highest BCUT2D eigenvalue weighted by molar-refractivity contribution is 7.90. The summed E-state index contributed by atoms with van der Waals surface area (Å²) in [5, 5.41) is 2.44. The molecule has 0 fully saturated rings. The summed E-state index contributed by atoms with van der Waals surface area (Å²) in [7, 11) is -2.17. The molecule has 0 aliphatic carbocycles. The minimum atomic E-state index is -3.67. The van der Waals surface area contributed by atoms with E-state index in [-0.39, 0.29) is 23.7 Å². The van der Waals surface area contributed by atoms with Crippen LogP contribution >= 0.6 is 0 Å². The SMILES string of the molecule is CCCCS(=O)(=O)NC(=O)c1ccc(OC(=O)NCCOC)nc1. The number of carbonyl (C=O) groups excluding carboxylic acids is 2. The third-order valence-electron chi connectivity index (χ3n) is 2.79. The van der Waals surface area contributed by atoms with Crippen molar-refractivity contribution in [2.45, 2.75) is 19.8 Å². The van der Waals surface area contributed by atoms with Gasteiger partial charge in [0, 0.05) is 25.9 Å². The van der Waals surface area contributed by atoms with Crippen LogP contribution in [0.4, 0.5) is 4.79 Å². The van der Waals surface area contributed by atoms with Gasteiger partial charge >= 0.3 is 6.09 Å². The van der Waals surface area contributed by atoms with Crippen LogP contribution in [0.15, 0.2) is 18.3 Å². The standard InChI is InChI=1S/C14H21N3O6S/c1-3-4-9-24(20,21)17-13(18)11-5-6-12(16-10-11)23-14(19)15-7-8-22-2/h5-6,10H,3-4,7-9H2,1-2H3,(H,15,19)(H,17,18). The van der Waals surface area contributed by atoms with Gasteiger partial charge in [0.15, 0.2) is 0 Å². The van der Waals surface area contributed by atoms with Gasteiger partial charge in [0.1, 0.15) is 0 Å². The Kier molecular flexibility index (Phi) is 8.13. The van der Waals surface area contributed by atoms with Crippen LogP contribution in [0.1, 0.15) is 30.1 Å². The number of hydrogen-bond donors (Lipinski definition) is 2. The number of ether oxygens (including phenoxy) is 2. The van der Waals surface area contributed by atoms with Crippen LogP contribution in [0.5, 0.6) is 5.88 Å². The van der Waals surface area contributed by atoms with Gasteiger partial charge in [-0.2, -0.15) is 0 Å². The van der Waals surface area contributed by atoms with Gasteiger partial charge in [0.25, 0.3) is 5.91 Å².